The highest BCUT2D eigenvalue weighted by Crippen LogP contribution is 2.10. The van der Waals surface area contributed by atoms with E-state index >= 15 is 0 Å². The molecule has 13 heavy (non-hydrogen) atoms. The van der Waals surface area contributed by atoms with Crippen molar-refractivity contribution in [3.05, 3.63) is 12.7 Å². The molecule has 4 heteroatoms. The summed E-state index contributed by atoms with van der Waals surface area (Å²) in [5, 5.41) is 17.0. The molecule has 0 aromatic rings. The van der Waals surface area contributed by atoms with Gasteiger partial charge in [-0.25, -0.2) is 0 Å². The van der Waals surface area contributed by atoms with Crippen LogP contribution >= 0.6 is 0 Å². The average Bonchev–Trinajstić information content (AvgIpc) is 2.02. The zero-order valence-corrected chi connectivity index (χ0v) is 7.40. The molecule has 0 unspecified atom stereocenters. The highest BCUT2D eigenvalue weighted by atomic mass is 16.4. The quantitative estimate of drug-likeness (QED) is 0.359. The van der Waals surface area contributed by atoms with E-state index in [-0.39, 0.29) is 6.42 Å². The highest BCUT2D eigenvalue weighted by Gasteiger charge is 2.24. The third kappa shape index (κ3) is 5.00. The summed E-state index contributed by atoms with van der Waals surface area (Å²) in [5.41, 5.74) is 0. The van der Waals surface area contributed by atoms with Crippen molar-refractivity contribution in [2.24, 2.45) is 5.92 Å². The van der Waals surface area contributed by atoms with Crippen molar-refractivity contribution in [1.29, 1.82) is 0 Å². The van der Waals surface area contributed by atoms with Crippen molar-refractivity contribution in [2.45, 2.75) is 25.7 Å². The maximum absolute atomic E-state index is 10.4. The molecule has 4 nitrogen and oxygen atoms in total. The molecule has 0 saturated heterocycles. The molecule has 0 aliphatic heterocycles. The largest absolute Gasteiger partial charge is 0.481 e. The van der Waals surface area contributed by atoms with Crippen LogP contribution in [0.1, 0.15) is 25.7 Å². The number of allylic oxidation sites excluding steroid dienone is 1. The first-order chi connectivity index (χ1) is 6.09. The van der Waals surface area contributed by atoms with Crippen LogP contribution in [0.25, 0.3) is 0 Å². The smallest absolute Gasteiger partial charge is 0.317 e. The summed E-state index contributed by atoms with van der Waals surface area (Å²) in [5.74, 6) is -3.78. The molecule has 2 N–H and O–H groups in total. The number of hydrogen-bond acceptors (Lipinski definition) is 2. The first-order valence-corrected chi connectivity index (χ1v) is 4.16. The zero-order chi connectivity index (χ0) is 10.3. The van der Waals surface area contributed by atoms with Crippen LogP contribution in [-0.4, -0.2) is 22.2 Å². The normalized spacial score (nSPS) is 9.92. The Bertz CT molecular complexity index is 184. The molecule has 0 fully saturated rings. The number of aliphatic carboxylic acids is 2. The molecular formula is C9H14O4. The predicted octanol–water partition coefficient (Wildman–Crippen LogP) is 1.52. The van der Waals surface area contributed by atoms with Crippen molar-refractivity contribution in [3.63, 3.8) is 0 Å². The zero-order valence-electron chi connectivity index (χ0n) is 7.40. The Kier molecular flexibility index (Phi) is 5.59. The minimum atomic E-state index is -1.26. The standard InChI is InChI=1S/C9H14O4/c1-2-3-4-5-6-7(8(10)11)9(12)13/h2,7H,1,3-6H2,(H,10,11)(H,12,13). The van der Waals surface area contributed by atoms with Crippen molar-refractivity contribution in [2.75, 3.05) is 0 Å². The van der Waals surface area contributed by atoms with Crippen LogP contribution in [0.4, 0.5) is 0 Å². The van der Waals surface area contributed by atoms with Gasteiger partial charge in [-0.3, -0.25) is 9.59 Å². The predicted molar refractivity (Wildman–Crippen MR) is 47.4 cm³/mol. The molecule has 74 valence electrons. The van der Waals surface area contributed by atoms with Crippen LogP contribution in [0.5, 0.6) is 0 Å². The molecule has 0 saturated carbocycles. The molecule has 0 rings (SSSR count). The van der Waals surface area contributed by atoms with Gasteiger partial charge in [-0.2, -0.15) is 0 Å². The van der Waals surface area contributed by atoms with Crippen LogP contribution < -0.4 is 0 Å². The Morgan fingerprint density at radius 1 is 1.23 bits per heavy atom. The Balaban J connectivity index is 3.77. The van der Waals surface area contributed by atoms with E-state index < -0.39 is 17.9 Å². The molecule has 0 spiro atoms. The third-order valence-corrected chi connectivity index (χ3v) is 1.75. The van der Waals surface area contributed by atoms with Gasteiger partial charge in [0.1, 0.15) is 0 Å². The molecule has 0 heterocycles. The van der Waals surface area contributed by atoms with Gasteiger partial charge in [0.05, 0.1) is 0 Å². The van der Waals surface area contributed by atoms with Gasteiger partial charge in [-0.1, -0.05) is 12.5 Å². The number of carboxylic acids is 2. The van der Waals surface area contributed by atoms with E-state index in [1.807, 2.05) is 0 Å². The maximum atomic E-state index is 10.4. The maximum Gasteiger partial charge on any atom is 0.317 e. The lowest BCUT2D eigenvalue weighted by atomic mass is 10.0. The highest BCUT2D eigenvalue weighted by molar-refractivity contribution is 5.92. The van der Waals surface area contributed by atoms with Gasteiger partial charge in [0.2, 0.25) is 0 Å². The van der Waals surface area contributed by atoms with Gasteiger partial charge in [0, 0.05) is 0 Å². The minimum Gasteiger partial charge on any atom is -0.481 e. The van der Waals surface area contributed by atoms with E-state index in [1.165, 1.54) is 0 Å². The Morgan fingerprint density at radius 3 is 2.15 bits per heavy atom. The summed E-state index contributed by atoms with van der Waals surface area (Å²) >= 11 is 0. The van der Waals surface area contributed by atoms with E-state index in [0.717, 1.165) is 12.8 Å². The van der Waals surface area contributed by atoms with E-state index in [0.29, 0.717) is 6.42 Å². The molecule has 0 aromatic carbocycles. The van der Waals surface area contributed by atoms with Gasteiger partial charge < -0.3 is 10.2 Å². The van der Waals surface area contributed by atoms with Crippen molar-refractivity contribution in [3.8, 4) is 0 Å². The fourth-order valence-electron chi connectivity index (χ4n) is 0.990. The minimum absolute atomic E-state index is 0.193. The van der Waals surface area contributed by atoms with Crippen LogP contribution in [0.2, 0.25) is 0 Å². The third-order valence-electron chi connectivity index (χ3n) is 1.75. The summed E-state index contributed by atoms with van der Waals surface area (Å²) in [6.45, 7) is 3.51. The molecular weight excluding hydrogens is 172 g/mol. The van der Waals surface area contributed by atoms with Gasteiger partial charge in [0.15, 0.2) is 5.92 Å². The molecule has 0 aromatic heterocycles. The molecule has 0 amide bonds. The topological polar surface area (TPSA) is 74.6 Å². The SMILES string of the molecule is C=CCCCCC(C(=O)O)C(=O)O. The molecule has 0 atom stereocenters. The molecule has 0 radical (unpaired) electrons. The number of carboxylic acid groups (broad SMARTS) is 2. The van der Waals surface area contributed by atoms with Crippen LogP contribution in [0, 0.1) is 5.92 Å². The Morgan fingerprint density at radius 2 is 1.77 bits per heavy atom. The van der Waals surface area contributed by atoms with E-state index in [9.17, 15) is 9.59 Å². The second-order valence-corrected chi connectivity index (χ2v) is 2.80. The van der Waals surface area contributed by atoms with Crippen LogP contribution in [0.15, 0.2) is 12.7 Å². The summed E-state index contributed by atoms with van der Waals surface area (Å²) in [6.07, 6.45) is 4.12. The molecule has 0 bridgehead atoms. The van der Waals surface area contributed by atoms with Gasteiger partial charge in [-0.05, 0) is 19.3 Å². The number of unbranched alkanes of at least 4 members (excludes halogenated alkanes) is 2. The number of rotatable bonds is 7. The first kappa shape index (κ1) is 11.7. The van der Waals surface area contributed by atoms with Crippen LogP contribution in [-0.2, 0) is 9.59 Å². The van der Waals surface area contributed by atoms with Crippen molar-refractivity contribution < 1.29 is 19.8 Å². The van der Waals surface area contributed by atoms with E-state index in [2.05, 4.69) is 6.58 Å². The van der Waals surface area contributed by atoms with E-state index in [1.54, 1.807) is 6.08 Å². The lowest BCUT2D eigenvalue weighted by Gasteiger charge is -2.05. The number of hydrogen-bond donors (Lipinski definition) is 2. The van der Waals surface area contributed by atoms with Gasteiger partial charge in [0.25, 0.3) is 0 Å². The first-order valence-electron chi connectivity index (χ1n) is 4.16. The lowest BCUT2D eigenvalue weighted by Crippen LogP contribution is -2.23. The van der Waals surface area contributed by atoms with E-state index in [4.69, 9.17) is 10.2 Å². The molecule has 0 aliphatic carbocycles. The Hall–Kier alpha value is -1.32. The second kappa shape index (κ2) is 6.22. The second-order valence-electron chi connectivity index (χ2n) is 2.80. The van der Waals surface area contributed by atoms with Crippen LogP contribution in [0.3, 0.4) is 0 Å². The van der Waals surface area contributed by atoms with Gasteiger partial charge in [-0.15, -0.1) is 6.58 Å². The average molecular weight is 186 g/mol. The number of carbonyl (C=O) groups is 2. The fourth-order valence-corrected chi connectivity index (χ4v) is 0.990. The summed E-state index contributed by atoms with van der Waals surface area (Å²) in [7, 11) is 0. The van der Waals surface area contributed by atoms with Crippen molar-refractivity contribution >= 4 is 11.9 Å². The summed E-state index contributed by atoms with van der Waals surface area (Å²) < 4.78 is 0. The summed E-state index contributed by atoms with van der Waals surface area (Å²) in [6, 6.07) is 0. The summed E-state index contributed by atoms with van der Waals surface area (Å²) in [4.78, 5) is 20.8. The van der Waals surface area contributed by atoms with Gasteiger partial charge >= 0.3 is 11.9 Å². The monoisotopic (exact) mass is 186 g/mol. The fraction of sp³-hybridized carbons (Fsp3) is 0.556. The Labute approximate surface area is 76.9 Å². The van der Waals surface area contributed by atoms with Crippen molar-refractivity contribution in [1.82, 2.24) is 0 Å². The molecule has 0 aliphatic rings. The lowest BCUT2D eigenvalue weighted by molar-refractivity contribution is -0.154.